The maximum Gasteiger partial charge on any atom is 0.257 e. The number of piperidine rings is 1. The number of likely N-dealkylation sites (tertiary alicyclic amines) is 1. The number of rotatable bonds is 8. The summed E-state index contributed by atoms with van der Waals surface area (Å²) in [7, 11) is 0. The van der Waals surface area contributed by atoms with Gasteiger partial charge in [-0.1, -0.05) is 5.21 Å². The van der Waals surface area contributed by atoms with E-state index in [0.717, 1.165) is 36.5 Å². The molecule has 1 amide bonds. The number of amides is 1. The van der Waals surface area contributed by atoms with Crippen molar-refractivity contribution in [3.05, 3.63) is 28.8 Å². The van der Waals surface area contributed by atoms with E-state index in [1.807, 2.05) is 42.0 Å². The number of carbonyl (C=O) groups is 1. The number of ether oxygens (including phenoxy) is 3. The fourth-order valence-corrected chi connectivity index (χ4v) is 4.38. The molecule has 10 heteroatoms. The zero-order chi connectivity index (χ0) is 22.7. The zero-order valence-electron chi connectivity index (χ0n) is 19.5. The van der Waals surface area contributed by atoms with Gasteiger partial charge in [0.1, 0.15) is 5.69 Å². The van der Waals surface area contributed by atoms with E-state index in [2.05, 4.69) is 15.4 Å². The molecule has 0 atom stereocenters. The Hall–Kier alpha value is -2.30. The summed E-state index contributed by atoms with van der Waals surface area (Å²) in [5.74, 6) is 0.0511. The number of carbonyl (C=O) groups excluding carboxylic acids is 1. The highest BCUT2D eigenvalue weighted by atomic mass is 16.5. The third kappa shape index (κ3) is 4.72. The maximum atomic E-state index is 13.0. The van der Waals surface area contributed by atoms with Crippen LogP contribution in [0.1, 0.15) is 61.1 Å². The van der Waals surface area contributed by atoms with Crippen LogP contribution in [0.15, 0.2) is 6.20 Å². The molecular weight excluding hydrogens is 412 g/mol. The molecule has 4 rings (SSSR count). The Bertz CT molecular complexity index is 929. The van der Waals surface area contributed by atoms with Crippen LogP contribution >= 0.6 is 0 Å². The van der Waals surface area contributed by atoms with E-state index in [4.69, 9.17) is 14.2 Å². The van der Waals surface area contributed by atoms with Gasteiger partial charge in [0.2, 0.25) is 0 Å². The van der Waals surface area contributed by atoms with Crippen LogP contribution in [-0.4, -0.2) is 73.6 Å². The van der Waals surface area contributed by atoms with Crippen LogP contribution in [0, 0.1) is 6.92 Å². The van der Waals surface area contributed by atoms with Gasteiger partial charge in [-0.15, -0.1) is 5.10 Å². The quantitative estimate of drug-likeness (QED) is 0.572. The number of fused-ring (bicyclic) bond motifs is 1. The monoisotopic (exact) mass is 446 g/mol. The highest BCUT2D eigenvalue weighted by Crippen LogP contribution is 2.34. The number of aromatic nitrogens is 5. The first-order valence-electron chi connectivity index (χ1n) is 11.5. The Balaban J connectivity index is 1.31. The highest BCUT2D eigenvalue weighted by Gasteiger charge is 2.41. The van der Waals surface area contributed by atoms with E-state index in [0.29, 0.717) is 51.6 Å². The molecule has 1 saturated heterocycles. The molecule has 0 unspecified atom stereocenters. The standard InChI is InChI=1S/C22H34N6O4/c1-5-27-17(4)18(12-23-27)21(29)26-8-6-22(7-9-26)15-28-20(14-32-22)19(24-25-28)13-30-10-11-31-16(2)3/h12,16H,5-11,13-15H2,1-4H3. The topological polar surface area (TPSA) is 96.5 Å². The summed E-state index contributed by atoms with van der Waals surface area (Å²) < 4.78 is 21.3. The molecule has 10 nitrogen and oxygen atoms in total. The Labute approximate surface area is 188 Å². The molecule has 0 saturated carbocycles. The summed E-state index contributed by atoms with van der Waals surface area (Å²) in [6.07, 6.45) is 3.43. The van der Waals surface area contributed by atoms with Crippen LogP contribution in [0.4, 0.5) is 0 Å². The van der Waals surface area contributed by atoms with Gasteiger partial charge in [-0.25, -0.2) is 4.68 Å². The van der Waals surface area contributed by atoms with E-state index in [1.54, 1.807) is 6.20 Å². The number of hydrogen-bond donors (Lipinski definition) is 0. The van der Waals surface area contributed by atoms with Gasteiger partial charge in [-0.2, -0.15) is 5.10 Å². The predicted molar refractivity (Wildman–Crippen MR) is 116 cm³/mol. The van der Waals surface area contributed by atoms with Gasteiger partial charge >= 0.3 is 0 Å². The molecular formula is C22H34N6O4. The molecule has 4 heterocycles. The average Bonchev–Trinajstić information content (AvgIpc) is 3.35. The first-order valence-corrected chi connectivity index (χ1v) is 11.5. The summed E-state index contributed by atoms with van der Waals surface area (Å²) in [5, 5.41) is 13.0. The minimum absolute atomic E-state index is 0.0511. The van der Waals surface area contributed by atoms with Crippen LogP contribution in [0.5, 0.6) is 0 Å². The fourth-order valence-electron chi connectivity index (χ4n) is 4.38. The summed E-state index contributed by atoms with van der Waals surface area (Å²) >= 11 is 0. The van der Waals surface area contributed by atoms with Crippen molar-refractivity contribution in [2.45, 2.75) is 78.5 Å². The molecule has 0 N–H and O–H groups in total. The molecule has 0 radical (unpaired) electrons. The minimum Gasteiger partial charge on any atom is -0.376 e. The number of aryl methyl sites for hydroxylation is 1. The maximum absolute atomic E-state index is 13.0. The Kier molecular flexibility index (Phi) is 6.92. The summed E-state index contributed by atoms with van der Waals surface area (Å²) in [6.45, 7) is 12.7. The molecule has 0 aliphatic carbocycles. The molecule has 2 aromatic heterocycles. The predicted octanol–water partition coefficient (Wildman–Crippen LogP) is 1.95. The molecule has 1 spiro atoms. The molecule has 2 aliphatic rings. The van der Waals surface area contributed by atoms with Gasteiger partial charge in [0.05, 0.1) is 62.1 Å². The summed E-state index contributed by atoms with van der Waals surface area (Å²) in [6, 6.07) is 0. The lowest BCUT2D eigenvalue weighted by atomic mass is 9.89. The second-order valence-corrected chi connectivity index (χ2v) is 8.84. The minimum atomic E-state index is -0.302. The molecule has 2 aromatic rings. The lowest BCUT2D eigenvalue weighted by Gasteiger charge is -2.43. The molecule has 1 fully saturated rings. The van der Waals surface area contributed by atoms with Crippen molar-refractivity contribution < 1.29 is 19.0 Å². The molecule has 0 bridgehead atoms. The SMILES string of the molecule is CCn1ncc(C(=O)N2CCC3(CC2)Cn2nnc(COCCOC(C)C)c2CO3)c1C. The van der Waals surface area contributed by atoms with Crippen molar-refractivity contribution in [2.75, 3.05) is 26.3 Å². The van der Waals surface area contributed by atoms with Crippen LogP contribution in [0.3, 0.4) is 0 Å². The molecule has 32 heavy (non-hydrogen) atoms. The van der Waals surface area contributed by atoms with Crippen molar-refractivity contribution in [1.29, 1.82) is 0 Å². The van der Waals surface area contributed by atoms with Gasteiger partial charge in [0, 0.05) is 25.3 Å². The smallest absolute Gasteiger partial charge is 0.257 e. The largest absolute Gasteiger partial charge is 0.376 e. The molecule has 2 aliphatic heterocycles. The van der Waals surface area contributed by atoms with Gasteiger partial charge in [-0.05, 0) is 40.5 Å². The van der Waals surface area contributed by atoms with Gasteiger partial charge < -0.3 is 19.1 Å². The van der Waals surface area contributed by atoms with Crippen LogP contribution < -0.4 is 0 Å². The van der Waals surface area contributed by atoms with Crippen LogP contribution in [0.25, 0.3) is 0 Å². The third-order valence-electron chi connectivity index (χ3n) is 6.38. The van der Waals surface area contributed by atoms with Gasteiger partial charge in [-0.3, -0.25) is 9.48 Å². The lowest BCUT2D eigenvalue weighted by molar-refractivity contribution is -0.120. The van der Waals surface area contributed by atoms with Gasteiger partial charge in [0.25, 0.3) is 5.91 Å². The van der Waals surface area contributed by atoms with E-state index >= 15 is 0 Å². The number of nitrogens with zero attached hydrogens (tertiary/aromatic N) is 6. The zero-order valence-corrected chi connectivity index (χ0v) is 19.5. The molecule has 176 valence electrons. The van der Waals surface area contributed by atoms with Crippen molar-refractivity contribution in [3.63, 3.8) is 0 Å². The second kappa shape index (κ2) is 9.68. The van der Waals surface area contributed by atoms with E-state index in [9.17, 15) is 4.79 Å². The summed E-state index contributed by atoms with van der Waals surface area (Å²) in [4.78, 5) is 14.9. The average molecular weight is 447 g/mol. The number of hydrogen-bond acceptors (Lipinski definition) is 7. The van der Waals surface area contributed by atoms with Crippen molar-refractivity contribution >= 4 is 5.91 Å². The lowest BCUT2D eigenvalue weighted by Crippen LogP contribution is -2.52. The summed E-state index contributed by atoms with van der Waals surface area (Å²) in [5.41, 5.74) is 3.10. The first kappa shape index (κ1) is 22.9. The van der Waals surface area contributed by atoms with E-state index in [-0.39, 0.29) is 17.6 Å². The van der Waals surface area contributed by atoms with Crippen LogP contribution in [0.2, 0.25) is 0 Å². The Morgan fingerprint density at radius 3 is 2.75 bits per heavy atom. The van der Waals surface area contributed by atoms with Crippen molar-refractivity contribution in [2.24, 2.45) is 0 Å². The first-order chi connectivity index (χ1) is 15.4. The second-order valence-electron chi connectivity index (χ2n) is 8.84. The fraction of sp³-hybridized carbons (Fsp3) is 0.727. The highest BCUT2D eigenvalue weighted by molar-refractivity contribution is 5.95. The molecule has 0 aromatic carbocycles. The van der Waals surface area contributed by atoms with E-state index < -0.39 is 0 Å². The van der Waals surface area contributed by atoms with Crippen molar-refractivity contribution in [3.8, 4) is 0 Å². The Morgan fingerprint density at radius 1 is 1.28 bits per heavy atom. The van der Waals surface area contributed by atoms with Crippen LogP contribution in [-0.2, 0) is 40.5 Å². The normalized spacial score (nSPS) is 17.8. The van der Waals surface area contributed by atoms with E-state index in [1.165, 1.54) is 0 Å². The third-order valence-corrected chi connectivity index (χ3v) is 6.38. The van der Waals surface area contributed by atoms with Crippen molar-refractivity contribution in [1.82, 2.24) is 29.7 Å². The van der Waals surface area contributed by atoms with Gasteiger partial charge in [0.15, 0.2) is 0 Å². The Morgan fingerprint density at radius 2 is 2.06 bits per heavy atom.